The number of nitrogens with one attached hydrogen (secondary N) is 1. The largest absolute Gasteiger partial charge is 0.314 e. The van der Waals surface area contributed by atoms with Gasteiger partial charge in [0.15, 0.2) is 0 Å². The first-order valence-corrected chi connectivity index (χ1v) is 9.71. The van der Waals surface area contributed by atoms with E-state index in [2.05, 4.69) is 34.7 Å². The minimum Gasteiger partial charge on any atom is -0.314 e. The Morgan fingerprint density at radius 1 is 1.03 bits per heavy atom. The zero-order valence-electron chi connectivity index (χ0n) is 16.7. The number of carbonyl (C=O) groups is 2. The monoisotopic (exact) mass is 386 g/mol. The maximum atomic E-state index is 13.5. The molecule has 6 heteroatoms. The summed E-state index contributed by atoms with van der Waals surface area (Å²) in [6.07, 6.45) is 1.84. The molecule has 0 saturated carbocycles. The average molecular weight is 386 g/mol. The van der Waals surface area contributed by atoms with Crippen LogP contribution in [0, 0.1) is 13.8 Å². The van der Waals surface area contributed by atoms with Crippen LogP contribution in [0.25, 0.3) is 0 Å². The summed E-state index contributed by atoms with van der Waals surface area (Å²) in [7, 11) is 1.77. The normalized spacial score (nSPS) is 20.0. The Morgan fingerprint density at radius 2 is 1.76 bits per heavy atom. The Bertz CT molecular complexity index is 1160. The molecule has 0 unspecified atom stereocenters. The highest BCUT2D eigenvalue weighted by molar-refractivity contribution is 6.15. The van der Waals surface area contributed by atoms with E-state index < -0.39 is 5.41 Å². The number of aryl methyl sites for hydroxylation is 2. The fourth-order valence-corrected chi connectivity index (χ4v) is 4.55. The second-order valence-corrected chi connectivity index (χ2v) is 8.07. The molecule has 29 heavy (non-hydrogen) atoms. The average Bonchev–Trinajstić information content (AvgIpc) is 3.18. The van der Waals surface area contributed by atoms with E-state index in [0.29, 0.717) is 12.4 Å². The quantitative estimate of drug-likeness (QED) is 0.736. The Hall–Kier alpha value is -3.41. The lowest BCUT2D eigenvalue weighted by Gasteiger charge is -2.32. The van der Waals surface area contributed by atoms with Crippen LogP contribution in [0.1, 0.15) is 34.2 Å². The highest BCUT2D eigenvalue weighted by Crippen LogP contribution is 2.51. The van der Waals surface area contributed by atoms with Gasteiger partial charge in [-0.15, -0.1) is 0 Å². The minimum absolute atomic E-state index is 0.0796. The highest BCUT2D eigenvalue weighted by atomic mass is 16.2. The van der Waals surface area contributed by atoms with Crippen molar-refractivity contribution < 1.29 is 9.59 Å². The van der Waals surface area contributed by atoms with E-state index in [1.807, 2.05) is 32.0 Å². The molecule has 1 atom stereocenters. The van der Waals surface area contributed by atoms with Gasteiger partial charge in [0.2, 0.25) is 11.8 Å². The number of anilines is 2. The van der Waals surface area contributed by atoms with Crippen LogP contribution < -0.4 is 10.2 Å². The Morgan fingerprint density at radius 3 is 2.52 bits per heavy atom. The van der Waals surface area contributed by atoms with E-state index >= 15 is 0 Å². The van der Waals surface area contributed by atoms with Crippen LogP contribution in [-0.4, -0.2) is 28.6 Å². The number of fused-ring (bicyclic) bond motifs is 4. The molecule has 0 saturated heterocycles. The lowest BCUT2D eigenvalue weighted by Crippen LogP contribution is -2.45. The Balaban J connectivity index is 1.67. The number of amides is 2. The summed E-state index contributed by atoms with van der Waals surface area (Å²) in [5, 5.41) is 7.52. The van der Waals surface area contributed by atoms with Crippen molar-refractivity contribution >= 4 is 23.3 Å². The molecule has 0 bridgehead atoms. The fourth-order valence-electron chi connectivity index (χ4n) is 4.55. The van der Waals surface area contributed by atoms with E-state index in [-0.39, 0.29) is 18.2 Å². The van der Waals surface area contributed by atoms with Crippen molar-refractivity contribution in [1.29, 1.82) is 0 Å². The van der Waals surface area contributed by atoms with Crippen molar-refractivity contribution in [3.63, 3.8) is 0 Å². The van der Waals surface area contributed by atoms with Gasteiger partial charge < -0.3 is 10.2 Å². The van der Waals surface area contributed by atoms with Gasteiger partial charge in [-0.3, -0.25) is 9.59 Å². The zero-order chi connectivity index (χ0) is 20.3. The lowest BCUT2D eigenvalue weighted by molar-refractivity contribution is -0.126. The van der Waals surface area contributed by atoms with Crippen molar-refractivity contribution in [3.05, 3.63) is 76.5 Å². The van der Waals surface area contributed by atoms with Gasteiger partial charge in [-0.05, 0) is 31.0 Å². The number of aromatic nitrogens is 2. The number of rotatable bonds is 2. The van der Waals surface area contributed by atoms with Gasteiger partial charge in [-0.2, -0.15) is 5.10 Å². The second-order valence-electron chi connectivity index (χ2n) is 8.07. The SMILES string of the molecule is Cc1ccc(Cn2ncc3c2NC(=O)C[C@]32C(=O)N(C)c3ccc(C)cc32)cc1. The molecule has 6 nitrogen and oxygen atoms in total. The van der Waals surface area contributed by atoms with Gasteiger partial charge in [0, 0.05) is 24.7 Å². The van der Waals surface area contributed by atoms with Crippen LogP contribution >= 0.6 is 0 Å². The molecule has 0 aliphatic carbocycles. The summed E-state index contributed by atoms with van der Waals surface area (Å²) in [6.45, 7) is 4.57. The number of carbonyl (C=O) groups excluding carboxylic acids is 2. The standard InChI is InChI=1S/C23H22N4O2/c1-14-4-7-16(8-5-14)13-27-21-18(12-24-27)23(11-20(28)25-21)17-10-15(2)6-9-19(17)26(3)22(23)29/h4-10,12H,11,13H2,1-3H3,(H,25,28)/t23-/m1/s1. The topological polar surface area (TPSA) is 67.2 Å². The van der Waals surface area contributed by atoms with Crippen LogP contribution in [0.3, 0.4) is 0 Å². The molecular formula is C23H22N4O2. The Kier molecular flexibility index (Phi) is 3.68. The van der Waals surface area contributed by atoms with Crippen LogP contribution in [0.4, 0.5) is 11.5 Å². The summed E-state index contributed by atoms with van der Waals surface area (Å²) < 4.78 is 1.78. The molecule has 1 spiro atoms. The van der Waals surface area contributed by atoms with E-state index in [4.69, 9.17) is 0 Å². The second kappa shape index (κ2) is 6.04. The smallest absolute Gasteiger partial charge is 0.242 e. The summed E-state index contributed by atoms with van der Waals surface area (Å²) >= 11 is 0. The molecule has 2 aliphatic rings. The van der Waals surface area contributed by atoms with Gasteiger partial charge in [-0.1, -0.05) is 47.5 Å². The van der Waals surface area contributed by atoms with Crippen molar-refractivity contribution in [2.75, 3.05) is 17.3 Å². The number of hydrogen-bond acceptors (Lipinski definition) is 3. The molecule has 3 heterocycles. The Labute approximate surface area is 169 Å². The third-order valence-corrected chi connectivity index (χ3v) is 6.08. The van der Waals surface area contributed by atoms with Gasteiger partial charge in [-0.25, -0.2) is 4.68 Å². The number of likely N-dealkylation sites (N-methyl/N-ethyl adjacent to an activating group) is 1. The predicted molar refractivity (Wildman–Crippen MR) is 111 cm³/mol. The molecular weight excluding hydrogens is 364 g/mol. The van der Waals surface area contributed by atoms with E-state index in [1.165, 1.54) is 5.56 Å². The van der Waals surface area contributed by atoms with Gasteiger partial charge >= 0.3 is 0 Å². The molecule has 1 aromatic heterocycles. The molecule has 2 amide bonds. The summed E-state index contributed by atoms with van der Waals surface area (Å²) in [5.74, 6) is 0.362. The minimum atomic E-state index is -1.01. The molecule has 146 valence electrons. The third-order valence-electron chi connectivity index (χ3n) is 6.08. The van der Waals surface area contributed by atoms with Gasteiger partial charge in [0.05, 0.1) is 12.7 Å². The van der Waals surface area contributed by atoms with E-state index in [9.17, 15) is 9.59 Å². The first kappa shape index (κ1) is 17.7. The summed E-state index contributed by atoms with van der Waals surface area (Å²) in [6, 6.07) is 14.2. The number of hydrogen-bond donors (Lipinski definition) is 1. The van der Waals surface area contributed by atoms with Crippen LogP contribution in [0.15, 0.2) is 48.7 Å². The maximum absolute atomic E-state index is 13.5. The molecule has 3 aromatic rings. The van der Waals surface area contributed by atoms with Crippen LogP contribution in [0.5, 0.6) is 0 Å². The molecule has 5 rings (SSSR count). The van der Waals surface area contributed by atoms with E-state index in [0.717, 1.165) is 27.9 Å². The van der Waals surface area contributed by atoms with Crippen LogP contribution in [0.2, 0.25) is 0 Å². The molecule has 2 aliphatic heterocycles. The zero-order valence-corrected chi connectivity index (χ0v) is 16.7. The first-order valence-electron chi connectivity index (χ1n) is 9.71. The molecule has 2 aromatic carbocycles. The van der Waals surface area contributed by atoms with Crippen molar-refractivity contribution in [1.82, 2.24) is 9.78 Å². The number of nitrogens with zero attached hydrogens (tertiary/aromatic N) is 3. The van der Waals surface area contributed by atoms with Crippen molar-refractivity contribution in [2.24, 2.45) is 0 Å². The first-order chi connectivity index (χ1) is 13.9. The highest BCUT2D eigenvalue weighted by Gasteiger charge is 2.56. The predicted octanol–water partition coefficient (Wildman–Crippen LogP) is 3.15. The molecule has 1 N–H and O–H groups in total. The van der Waals surface area contributed by atoms with Crippen LogP contribution in [-0.2, 0) is 21.5 Å². The molecule has 0 fully saturated rings. The summed E-state index contributed by atoms with van der Waals surface area (Å²) in [5.41, 5.74) is 4.83. The lowest BCUT2D eigenvalue weighted by atomic mass is 9.71. The van der Waals surface area contributed by atoms with Crippen molar-refractivity contribution in [3.8, 4) is 0 Å². The van der Waals surface area contributed by atoms with Gasteiger partial charge in [0.1, 0.15) is 11.2 Å². The maximum Gasteiger partial charge on any atom is 0.242 e. The van der Waals surface area contributed by atoms with Gasteiger partial charge in [0.25, 0.3) is 0 Å². The third kappa shape index (κ3) is 2.45. The number of benzene rings is 2. The summed E-state index contributed by atoms with van der Waals surface area (Å²) in [4.78, 5) is 27.9. The van der Waals surface area contributed by atoms with E-state index in [1.54, 1.807) is 22.8 Å². The fraction of sp³-hybridized carbons (Fsp3) is 0.261. The molecule has 0 radical (unpaired) electrons. The van der Waals surface area contributed by atoms with Crippen molar-refractivity contribution in [2.45, 2.75) is 32.2 Å².